The van der Waals surface area contributed by atoms with E-state index in [4.69, 9.17) is 9.84 Å². The first kappa shape index (κ1) is 12.5. The van der Waals surface area contributed by atoms with Gasteiger partial charge in [0.05, 0.1) is 11.7 Å². The fourth-order valence-corrected chi connectivity index (χ4v) is 2.00. The predicted molar refractivity (Wildman–Crippen MR) is 74.2 cm³/mol. The van der Waals surface area contributed by atoms with Gasteiger partial charge in [-0.1, -0.05) is 12.1 Å². The number of phenolic OH excluding ortho intramolecular Hbond substituents is 1. The molecule has 1 fully saturated rings. The number of hydrogen-bond donors (Lipinski definition) is 2. The predicted octanol–water partition coefficient (Wildman–Crippen LogP) is 3.30. The molecule has 2 N–H and O–H groups in total. The average molecular weight is 270 g/mol. The zero-order chi connectivity index (χ0) is 14.1. The third-order valence-corrected chi connectivity index (χ3v) is 3.24. The highest BCUT2D eigenvalue weighted by Gasteiger charge is 2.23. The highest BCUT2D eigenvalue weighted by Crippen LogP contribution is 2.32. The molecule has 2 aromatic rings. The van der Waals surface area contributed by atoms with Gasteiger partial charge < -0.3 is 14.9 Å². The van der Waals surface area contributed by atoms with Gasteiger partial charge in [-0.25, -0.2) is 4.79 Å². The first-order valence-electron chi connectivity index (χ1n) is 6.47. The zero-order valence-corrected chi connectivity index (χ0v) is 10.7. The molecule has 0 amide bonds. The summed E-state index contributed by atoms with van der Waals surface area (Å²) in [7, 11) is 0. The van der Waals surface area contributed by atoms with Crippen molar-refractivity contribution >= 4 is 5.97 Å². The van der Waals surface area contributed by atoms with Crippen molar-refractivity contribution in [2.75, 3.05) is 0 Å². The molecular weight excluding hydrogens is 256 g/mol. The van der Waals surface area contributed by atoms with Gasteiger partial charge in [0.25, 0.3) is 0 Å². The number of aromatic carboxylic acids is 1. The third-order valence-electron chi connectivity index (χ3n) is 3.24. The van der Waals surface area contributed by atoms with Crippen LogP contribution in [-0.2, 0) is 0 Å². The molecule has 20 heavy (non-hydrogen) atoms. The highest BCUT2D eigenvalue weighted by molar-refractivity contribution is 5.89. The van der Waals surface area contributed by atoms with Crippen LogP contribution < -0.4 is 4.74 Å². The Kier molecular flexibility index (Phi) is 3.06. The molecule has 3 rings (SSSR count). The van der Waals surface area contributed by atoms with Crippen LogP contribution in [0.15, 0.2) is 42.5 Å². The van der Waals surface area contributed by atoms with E-state index in [2.05, 4.69) is 0 Å². The van der Waals surface area contributed by atoms with Gasteiger partial charge in [0, 0.05) is 5.56 Å². The maximum absolute atomic E-state index is 10.8. The number of ether oxygens (including phenoxy) is 1. The lowest BCUT2D eigenvalue weighted by atomic mass is 10.0. The minimum absolute atomic E-state index is 0.0410. The Balaban J connectivity index is 1.86. The fraction of sp³-hybridized carbons (Fsp3) is 0.188. The summed E-state index contributed by atoms with van der Waals surface area (Å²) in [5.74, 6) is -0.279. The average Bonchev–Trinajstić information content (AvgIpc) is 3.24. The molecule has 0 aliphatic heterocycles. The summed E-state index contributed by atoms with van der Waals surface area (Å²) in [5, 5.41) is 18.8. The van der Waals surface area contributed by atoms with E-state index >= 15 is 0 Å². The second-order valence-corrected chi connectivity index (χ2v) is 4.88. The number of aromatic hydroxyl groups is 1. The van der Waals surface area contributed by atoms with Gasteiger partial charge in [0.15, 0.2) is 0 Å². The summed E-state index contributed by atoms with van der Waals surface area (Å²) in [5.41, 5.74) is 1.50. The highest BCUT2D eigenvalue weighted by atomic mass is 16.5. The SMILES string of the molecule is O=C(O)c1ccc(-c2ccc(OC3CC3)cc2)c(O)c1. The summed E-state index contributed by atoms with van der Waals surface area (Å²) in [6.07, 6.45) is 2.57. The second-order valence-electron chi connectivity index (χ2n) is 4.88. The van der Waals surface area contributed by atoms with Gasteiger partial charge in [-0.3, -0.25) is 0 Å². The van der Waals surface area contributed by atoms with E-state index in [-0.39, 0.29) is 11.3 Å². The molecule has 4 heteroatoms. The lowest BCUT2D eigenvalue weighted by Crippen LogP contribution is -1.96. The first-order chi connectivity index (χ1) is 9.63. The third kappa shape index (κ3) is 2.59. The minimum Gasteiger partial charge on any atom is -0.507 e. The Morgan fingerprint density at radius 2 is 1.80 bits per heavy atom. The van der Waals surface area contributed by atoms with Crippen LogP contribution in [0.1, 0.15) is 23.2 Å². The molecule has 4 nitrogen and oxygen atoms in total. The first-order valence-corrected chi connectivity index (χ1v) is 6.47. The molecule has 0 unspecified atom stereocenters. The van der Waals surface area contributed by atoms with Crippen LogP contribution in [0, 0.1) is 0 Å². The van der Waals surface area contributed by atoms with Crippen LogP contribution in [0.2, 0.25) is 0 Å². The molecule has 1 aliphatic carbocycles. The summed E-state index contributed by atoms with van der Waals surface area (Å²) >= 11 is 0. The molecule has 2 aromatic carbocycles. The van der Waals surface area contributed by atoms with Gasteiger partial charge in [-0.05, 0) is 48.7 Å². The molecule has 0 saturated heterocycles. The van der Waals surface area contributed by atoms with Gasteiger partial charge in [0.2, 0.25) is 0 Å². The van der Waals surface area contributed by atoms with Crippen molar-refractivity contribution in [2.24, 2.45) is 0 Å². The van der Waals surface area contributed by atoms with Crippen molar-refractivity contribution in [1.82, 2.24) is 0 Å². The lowest BCUT2D eigenvalue weighted by Gasteiger charge is -2.08. The number of benzene rings is 2. The van der Waals surface area contributed by atoms with Gasteiger partial charge >= 0.3 is 5.97 Å². The van der Waals surface area contributed by atoms with Crippen LogP contribution in [0.4, 0.5) is 0 Å². The van der Waals surface area contributed by atoms with Crippen molar-refractivity contribution in [3.05, 3.63) is 48.0 Å². The Morgan fingerprint density at radius 1 is 1.10 bits per heavy atom. The van der Waals surface area contributed by atoms with Crippen LogP contribution in [-0.4, -0.2) is 22.3 Å². The maximum atomic E-state index is 10.8. The Hall–Kier alpha value is -2.49. The number of rotatable bonds is 4. The molecule has 0 spiro atoms. The molecule has 1 saturated carbocycles. The van der Waals surface area contributed by atoms with Gasteiger partial charge in [-0.2, -0.15) is 0 Å². The second kappa shape index (κ2) is 4.89. The molecule has 0 heterocycles. The number of hydrogen-bond acceptors (Lipinski definition) is 3. The molecule has 102 valence electrons. The topological polar surface area (TPSA) is 66.8 Å². The van der Waals surface area contributed by atoms with Crippen LogP contribution in [0.5, 0.6) is 11.5 Å². The minimum atomic E-state index is -1.06. The molecule has 0 bridgehead atoms. The van der Waals surface area contributed by atoms with Crippen molar-refractivity contribution < 1.29 is 19.7 Å². The monoisotopic (exact) mass is 270 g/mol. The van der Waals surface area contributed by atoms with Crippen LogP contribution in [0.25, 0.3) is 11.1 Å². The molecule has 0 atom stereocenters. The molecule has 1 aliphatic rings. The number of carbonyl (C=O) groups is 1. The zero-order valence-electron chi connectivity index (χ0n) is 10.7. The number of phenols is 1. The lowest BCUT2D eigenvalue weighted by molar-refractivity contribution is 0.0696. The normalized spacial score (nSPS) is 14.0. The fourth-order valence-electron chi connectivity index (χ4n) is 2.00. The Labute approximate surface area is 116 Å². The number of carboxylic acids is 1. The number of carboxylic acid groups (broad SMARTS) is 1. The van der Waals surface area contributed by atoms with Crippen molar-refractivity contribution in [1.29, 1.82) is 0 Å². The van der Waals surface area contributed by atoms with Gasteiger partial charge in [0.1, 0.15) is 11.5 Å². The summed E-state index contributed by atoms with van der Waals surface area (Å²) < 4.78 is 5.66. The van der Waals surface area contributed by atoms with E-state index in [1.165, 1.54) is 12.1 Å². The Bertz CT molecular complexity index is 642. The largest absolute Gasteiger partial charge is 0.507 e. The van der Waals surface area contributed by atoms with Crippen molar-refractivity contribution in [3.63, 3.8) is 0 Å². The quantitative estimate of drug-likeness (QED) is 0.894. The van der Waals surface area contributed by atoms with E-state index in [9.17, 15) is 9.90 Å². The van der Waals surface area contributed by atoms with Crippen molar-refractivity contribution in [3.8, 4) is 22.6 Å². The van der Waals surface area contributed by atoms with E-state index in [1.807, 2.05) is 24.3 Å². The van der Waals surface area contributed by atoms with E-state index in [1.54, 1.807) is 6.07 Å². The van der Waals surface area contributed by atoms with Crippen LogP contribution >= 0.6 is 0 Å². The van der Waals surface area contributed by atoms with Gasteiger partial charge in [-0.15, -0.1) is 0 Å². The van der Waals surface area contributed by atoms with E-state index < -0.39 is 5.97 Å². The molecular formula is C16H14O4. The molecule has 0 radical (unpaired) electrons. The van der Waals surface area contributed by atoms with Crippen molar-refractivity contribution in [2.45, 2.75) is 18.9 Å². The van der Waals surface area contributed by atoms with E-state index in [0.29, 0.717) is 11.7 Å². The van der Waals surface area contributed by atoms with E-state index in [0.717, 1.165) is 24.2 Å². The summed E-state index contributed by atoms with van der Waals surface area (Å²) in [6.45, 7) is 0. The standard InChI is InChI=1S/C16H14O4/c17-15-9-11(16(18)19)3-8-14(15)10-1-4-12(5-2-10)20-13-6-7-13/h1-5,8-9,13,17H,6-7H2,(H,18,19). The smallest absolute Gasteiger partial charge is 0.335 e. The summed E-state index contributed by atoms with van der Waals surface area (Å²) in [6, 6.07) is 11.8. The maximum Gasteiger partial charge on any atom is 0.335 e. The van der Waals surface area contributed by atoms with Crippen LogP contribution in [0.3, 0.4) is 0 Å². The molecule has 0 aromatic heterocycles. The summed E-state index contributed by atoms with van der Waals surface area (Å²) in [4.78, 5) is 10.8. The Morgan fingerprint density at radius 3 is 2.35 bits per heavy atom.